The number of sulfonamides is 1. The van der Waals surface area contributed by atoms with Gasteiger partial charge in [-0.3, -0.25) is 34.2 Å². The van der Waals surface area contributed by atoms with E-state index in [2.05, 4.69) is 16.0 Å². The lowest BCUT2D eigenvalue weighted by molar-refractivity contribution is -0.136. The van der Waals surface area contributed by atoms with Crippen LogP contribution in [-0.2, 0) is 29.1 Å². The fourth-order valence-corrected chi connectivity index (χ4v) is 5.46. The number of unbranched alkanes of at least 4 members (excludes halogenated alkanes) is 1. The average Bonchev–Trinajstić information content (AvgIpc) is 3.26. The highest BCUT2D eigenvalue weighted by molar-refractivity contribution is 7.89. The van der Waals surface area contributed by atoms with Gasteiger partial charge >= 0.3 is 0 Å². The summed E-state index contributed by atoms with van der Waals surface area (Å²) in [5.74, 6) is -2.46. The zero-order chi connectivity index (χ0) is 32.4. The van der Waals surface area contributed by atoms with E-state index < -0.39 is 39.7 Å². The normalized spacial score (nSPS) is 16.5. The molecule has 15 heteroatoms. The first kappa shape index (κ1) is 33.7. The summed E-state index contributed by atoms with van der Waals surface area (Å²) in [7, 11) is -3.80. The van der Waals surface area contributed by atoms with Gasteiger partial charge in [0, 0.05) is 57.2 Å². The van der Waals surface area contributed by atoms with E-state index in [1.807, 2.05) is 0 Å². The Balaban J connectivity index is 1.03. The van der Waals surface area contributed by atoms with E-state index in [0.717, 1.165) is 17.7 Å². The molecule has 0 aromatic heterocycles. The lowest BCUT2D eigenvalue weighted by atomic mass is 10.0. The van der Waals surface area contributed by atoms with Crippen molar-refractivity contribution in [2.24, 2.45) is 5.14 Å². The predicted molar refractivity (Wildman–Crippen MR) is 162 cm³/mol. The highest BCUT2D eigenvalue weighted by Gasteiger charge is 2.45. The number of benzene rings is 2. The summed E-state index contributed by atoms with van der Waals surface area (Å²) in [4.78, 5) is 62.8. The van der Waals surface area contributed by atoms with Crippen LogP contribution >= 0.6 is 0 Å². The molecule has 1 saturated heterocycles. The summed E-state index contributed by atoms with van der Waals surface area (Å²) < 4.78 is 33.8. The number of nitrogens with one attached hydrogen (secondary N) is 3. The van der Waals surface area contributed by atoms with Crippen LogP contribution in [0.15, 0.2) is 47.4 Å². The van der Waals surface area contributed by atoms with Gasteiger partial charge in [-0.25, -0.2) is 13.6 Å². The molecule has 4 rings (SSSR count). The molecule has 1 atom stereocenters. The van der Waals surface area contributed by atoms with Crippen LogP contribution < -0.4 is 21.1 Å². The number of piperidine rings is 1. The van der Waals surface area contributed by atoms with Gasteiger partial charge in [-0.2, -0.15) is 0 Å². The number of rotatable bonds is 17. The number of carbonyl (C=O) groups is 5. The Morgan fingerprint density at radius 2 is 1.53 bits per heavy atom. The molecule has 2 aromatic carbocycles. The number of hydrogen-bond donors (Lipinski definition) is 4. The molecule has 0 saturated carbocycles. The number of nitrogens with zero attached hydrogens (tertiary/aromatic N) is 1. The minimum absolute atomic E-state index is 0.0538. The van der Waals surface area contributed by atoms with Gasteiger partial charge in [0.2, 0.25) is 21.8 Å². The van der Waals surface area contributed by atoms with E-state index in [4.69, 9.17) is 14.6 Å². The van der Waals surface area contributed by atoms with E-state index in [9.17, 15) is 32.4 Å². The molecule has 0 aliphatic carbocycles. The largest absolute Gasteiger partial charge is 0.384 e. The van der Waals surface area contributed by atoms with E-state index in [0.29, 0.717) is 63.6 Å². The van der Waals surface area contributed by atoms with Crippen molar-refractivity contribution in [1.29, 1.82) is 0 Å². The number of nitrogens with two attached hydrogens (primary N) is 1. The second-order valence-corrected chi connectivity index (χ2v) is 12.1. The summed E-state index contributed by atoms with van der Waals surface area (Å²) in [6.45, 7) is 3.05. The zero-order valence-corrected chi connectivity index (χ0v) is 25.5. The number of ether oxygens (including phenoxy) is 2. The molecule has 0 bridgehead atoms. The van der Waals surface area contributed by atoms with Crippen LogP contribution in [0.5, 0.6) is 0 Å². The van der Waals surface area contributed by atoms with E-state index in [-0.39, 0.29) is 34.8 Å². The van der Waals surface area contributed by atoms with Crippen LogP contribution in [0.4, 0.5) is 5.69 Å². The number of fused-ring (bicyclic) bond motifs is 1. The van der Waals surface area contributed by atoms with Gasteiger partial charge in [-0.05, 0) is 68.5 Å². The van der Waals surface area contributed by atoms with E-state index in [1.165, 1.54) is 24.3 Å². The summed E-state index contributed by atoms with van der Waals surface area (Å²) in [5, 5.41) is 13.2. The second kappa shape index (κ2) is 15.7. The van der Waals surface area contributed by atoms with Gasteiger partial charge in [0.1, 0.15) is 6.04 Å². The second-order valence-electron chi connectivity index (χ2n) is 10.6. The van der Waals surface area contributed by atoms with Gasteiger partial charge < -0.3 is 20.1 Å². The minimum atomic E-state index is -3.80. The standard InChI is InChI=1S/C30H37N5O9S/c31-45(41,42)21-10-8-20(9-11-21)27(37)33-15-5-19-44-17-2-1-16-43-18-4-14-32-23-7-3-6-22-26(23)30(40)35(29(22)39)24-12-13-25(36)34-28(24)38/h3,6-11,24,32H,1-2,4-5,12-19H2,(H,33,37)(H2,31,41,42)(H,34,36,38). The first-order valence-corrected chi connectivity index (χ1v) is 16.3. The van der Waals surface area contributed by atoms with Gasteiger partial charge in [-0.15, -0.1) is 0 Å². The van der Waals surface area contributed by atoms with Gasteiger partial charge in [0.15, 0.2) is 0 Å². The molecule has 1 unspecified atom stereocenters. The maximum absolute atomic E-state index is 13.1. The van der Waals surface area contributed by atoms with Gasteiger partial charge in [-0.1, -0.05) is 6.07 Å². The highest BCUT2D eigenvalue weighted by atomic mass is 32.2. The van der Waals surface area contributed by atoms with Crippen molar-refractivity contribution in [3.05, 3.63) is 59.2 Å². The van der Waals surface area contributed by atoms with Crippen molar-refractivity contribution in [3.8, 4) is 0 Å². The SMILES string of the molecule is NS(=O)(=O)c1ccc(C(=O)NCCCOCCCCOCCCNc2cccc3c2C(=O)N(C2CCC(=O)NC2=O)C3=O)cc1. The number of imide groups is 2. The van der Waals surface area contributed by atoms with Crippen molar-refractivity contribution >= 4 is 45.2 Å². The Morgan fingerprint density at radius 3 is 2.18 bits per heavy atom. The Morgan fingerprint density at radius 1 is 0.889 bits per heavy atom. The summed E-state index contributed by atoms with van der Waals surface area (Å²) in [6.07, 6.45) is 3.10. The Hall–Kier alpha value is -4.18. The first-order chi connectivity index (χ1) is 21.6. The molecule has 45 heavy (non-hydrogen) atoms. The van der Waals surface area contributed by atoms with Crippen LogP contribution in [-0.4, -0.2) is 88.4 Å². The van der Waals surface area contributed by atoms with Crippen molar-refractivity contribution < 1.29 is 41.9 Å². The third-order valence-electron chi connectivity index (χ3n) is 7.27. The van der Waals surface area contributed by atoms with Gasteiger partial charge in [0.05, 0.1) is 16.0 Å². The van der Waals surface area contributed by atoms with Crippen LogP contribution in [0.2, 0.25) is 0 Å². The Labute approximate surface area is 261 Å². The lowest BCUT2D eigenvalue weighted by Gasteiger charge is -2.27. The molecule has 2 aliphatic rings. The Bertz CT molecular complexity index is 1530. The quantitative estimate of drug-likeness (QED) is 0.143. The van der Waals surface area contributed by atoms with E-state index >= 15 is 0 Å². The summed E-state index contributed by atoms with van der Waals surface area (Å²) in [5.41, 5.74) is 1.31. The number of anilines is 1. The summed E-state index contributed by atoms with van der Waals surface area (Å²) >= 11 is 0. The minimum Gasteiger partial charge on any atom is -0.384 e. The molecule has 5 N–H and O–H groups in total. The van der Waals surface area contributed by atoms with Crippen molar-refractivity contribution in [3.63, 3.8) is 0 Å². The lowest BCUT2D eigenvalue weighted by Crippen LogP contribution is -2.54. The molecule has 14 nitrogen and oxygen atoms in total. The number of amides is 5. The zero-order valence-electron chi connectivity index (χ0n) is 24.7. The fraction of sp³-hybridized carbons (Fsp3) is 0.433. The topological polar surface area (TPSA) is 203 Å². The molecule has 2 aromatic rings. The maximum Gasteiger partial charge on any atom is 0.264 e. The van der Waals surface area contributed by atoms with Crippen molar-refractivity contribution in [1.82, 2.24) is 15.5 Å². The monoisotopic (exact) mass is 643 g/mol. The fourth-order valence-electron chi connectivity index (χ4n) is 4.95. The molecule has 242 valence electrons. The smallest absolute Gasteiger partial charge is 0.264 e. The molecular formula is C30H37N5O9S. The third-order valence-corrected chi connectivity index (χ3v) is 8.20. The molecule has 2 aliphatic heterocycles. The van der Waals surface area contributed by atoms with Crippen LogP contribution in [0.25, 0.3) is 0 Å². The molecule has 5 amide bonds. The molecule has 0 spiro atoms. The first-order valence-electron chi connectivity index (χ1n) is 14.7. The van der Waals surface area contributed by atoms with Crippen molar-refractivity contribution in [2.75, 3.05) is 44.8 Å². The number of hydrogen-bond acceptors (Lipinski definition) is 10. The highest BCUT2D eigenvalue weighted by Crippen LogP contribution is 2.32. The average molecular weight is 644 g/mol. The number of carbonyl (C=O) groups excluding carboxylic acids is 5. The molecule has 0 radical (unpaired) electrons. The van der Waals surface area contributed by atoms with Gasteiger partial charge in [0.25, 0.3) is 17.7 Å². The van der Waals surface area contributed by atoms with Crippen LogP contribution in [0, 0.1) is 0 Å². The molecule has 1 fully saturated rings. The van der Waals surface area contributed by atoms with Crippen LogP contribution in [0.1, 0.15) is 69.6 Å². The number of primary sulfonamides is 1. The maximum atomic E-state index is 13.1. The van der Waals surface area contributed by atoms with Crippen molar-refractivity contribution in [2.45, 2.75) is 49.5 Å². The summed E-state index contributed by atoms with van der Waals surface area (Å²) in [6, 6.07) is 9.33. The molecule has 2 heterocycles. The molecular weight excluding hydrogens is 606 g/mol. The Kier molecular flexibility index (Phi) is 11.8. The third kappa shape index (κ3) is 8.94. The van der Waals surface area contributed by atoms with Crippen LogP contribution in [0.3, 0.4) is 0 Å². The predicted octanol–water partition coefficient (Wildman–Crippen LogP) is 1.17. The van der Waals surface area contributed by atoms with E-state index in [1.54, 1.807) is 18.2 Å².